The zero-order valence-corrected chi connectivity index (χ0v) is 7.66. The number of carbonyl (C=O) groups is 1. The van der Waals surface area contributed by atoms with Crippen LogP contribution in [-0.2, 0) is 9.53 Å². The first-order valence-corrected chi connectivity index (χ1v) is 4.88. The monoisotopic (exact) mass is 184 g/mol. The lowest BCUT2D eigenvalue weighted by atomic mass is 10.1. The lowest BCUT2D eigenvalue weighted by molar-refractivity contribution is -0.122. The van der Waals surface area contributed by atoms with Crippen molar-refractivity contribution in [3.8, 4) is 0 Å². The minimum atomic E-state index is 0.0855. The molecule has 0 aromatic heterocycles. The molecule has 2 rings (SSSR count). The van der Waals surface area contributed by atoms with Crippen molar-refractivity contribution in [2.75, 3.05) is 19.8 Å². The van der Waals surface area contributed by atoms with Crippen molar-refractivity contribution in [3.05, 3.63) is 0 Å². The highest BCUT2D eigenvalue weighted by atomic mass is 16.5. The van der Waals surface area contributed by atoms with Crippen LogP contribution in [0.5, 0.6) is 0 Å². The third-order valence-electron chi connectivity index (χ3n) is 2.77. The second-order valence-corrected chi connectivity index (χ2v) is 3.98. The van der Waals surface area contributed by atoms with Gasteiger partial charge in [-0.1, -0.05) is 0 Å². The molecule has 1 aliphatic heterocycles. The van der Waals surface area contributed by atoms with Crippen LogP contribution in [0.2, 0.25) is 0 Å². The molecule has 0 aromatic rings. The van der Waals surface area contributed by atoms with Crippen LogP contribution in [0, 0.1) is 11.8 Å². The van der Waals surface area contributed by atoms with Gasteiger partial charge in [0.25, 0.3) is 0 Å². The SMILES string of the molecule is NC1CC1C(=O)NCC1CCOC1. The summed E-state index contributed by atoms with van der Waals surface area (Å²) in [4.78, 5) is 11.3. The molecule has 4 nitrogen and oxygen atoms in total. The molecule has 13 heavy (non-hydrogen) atoms. The number of rotatable bonds is 3. The molecule has 0 bridgehead atoms. The molecule has 3 atom stereocenters. The molecule has 0 radical (unpaired) electrons. The Kier molecular flexibility index (Phi) is 2.51. The molecule has 74 valence electrons. The van der Waals surface area contributed by atoms with Gasteiger partial charge in [0, 0.05) is 25.1 Å². The fraction of sp³-hybridized carbons (Fsp3) is 0.889. The first kappa shape index (κ1) is 8.97. The molecule has 1 saturated carbocycles. The van der Waals surface area contributed by atoms with Gasteiger partial charge in [0.05, 0.1) is 12.5 Å². The molecule has 1 heterocycles. The Morgan fingerprint density at radius 2 is 2.38 bits per heavy atom. The molecule has 1 aliphatic carbocycles. The molecule has 1 saturated heterocycles. The van der Waals surface area contributed by atoms with Gasteiger partial charge in [-0.05, 0) is 12.8 Å². The summed E-state index contributed by atoms with van der Waals surface area (Å²) in [6.45, 7) is 2.38. The highest BCUT2D eigenvalue weighted by Crippen LogP contribution is 2.27. The Hall–Kier alpha value is -0.610. The highest BCUT2D eigenvalue weighted by molar-refractivity contribution is 5.82. The van der Waals surface area contributed by atoms with E-state index in [1.54, 1.807) is 0 Å². The van der Waals surface area contributed by atoms with Gasteiger partial charge in [0.2, 0.25) is 5.91 Å². The summed E-state index contributed by atoms with van der Waals surface area (Å²) in [6, 6.07) is 0.111. The maximum atomic E-state index is 11.3. The molecule has 3 unspecified atom stereocenters. The third-order valence-corrected chi connectivity index (χ3v) is 2.77. The number of ether oxygens (including phenoxy) is 1. The van der Waals surface area contributed by atoms with Crippen molar-refractivity contribution in [3.63, 3.8) is 0 Å². The van der Waals surface area contributed by atoms with Gasteiger partial charge in [-0.3, -0.25) is 4.79 Å². The topological polar surface area (TPSA) is 64.4 Å². The van der Waals surface area contributed by atoms with E-state index in [2.05, 4.69) is 5.32 Å². The third kappa shape index (κ3) is 2.19. The minimum Gasteiger partial charge on any atom is -0.381 e. The van der Waals surface area contributed by atoms with Crippen molar-refractivity contribution < 1.29 is 9.53 Å². The van der Waals surface area contributed by atoms with Gasteiger partial charge in [0.15, 0.2) is 0 Å². The molecule has 2 fully saturated rings. The summed E-state index contributed by atoms with van der Waals surface area (Å²) in [5, 5.41) is 2.92. The first-order chi connectivity index (χ1) is 6.27. The predicted octanol–water partition coefficient (Wildman–Crippen LogP) is -0.514. The van der Waals surface area contributed by atoms with Crippen LogP contribution in [0.4, 0.5) is 0 Å². The van der Waals surface area contributed by atoms with Gasteiger partial charge < -0.3 is 15.8 Å². The Bertz CT molecular complexity index is 202. The number of carbonyl (C=O) groups excluding carboxylic acids is 1. The Morgan fingerprint density at radius 1 is 1.62 bits per heavy atom. The average molecular weight is 184 g/mol. The van der Waals surface area contributed by atoms with Gasteiger partial charge in [-0.25, -0.2) is 0 Å². The highest BCUT2D eigenvalue weighted by Gasteiger charge is 2.39. The van der Waals surface area contributed by atoms with Crippen molar-refractivity contribution >= 4 is 5.91 Å². The molecular formula is C9H16N2O2. The maximum Gasteiger partial charge on any atom is 0.224 e. The lowest BCUT2D eigenvalue weighted by Gasteiger charge is -2.08. The fourth-order valence-electron chi connectivity index (χ4n) is 1.64. The molecule has 0 spiro atoms. The van der Waals surface area contributed by atoms with Crippen molar-refractivity contribution in [1.82, 2.24) is 5.32 Å². The molecule has 1 amide bonds. The smallest absolute Gasteiger partial charge is 0.224 e. The summed E-state index contributed by atoms with van der Waals surface area (Å²) in [7, 11) is 0. The van der Waals surface area contributed by atoms with E-state index in [0.29, 0.717) is 5.92 Å². The van der Waals surface area contributed by atoms with Gasteiger partial charge in [-0.2, -0.15) is 0 Å². The van der Waals surface area contributed by atoms with Crippen LogP contribution in [0.1, 0.15) is 12.8 Å². The average Bonchev–Trinajstić information content (AvgIpc) is 2.68. The standard InChI is InChI=1S/C9H16N2O2/c10-8-3-7(8)9(12)11-4-6-1-2-13-5-6/h6-8H,1-5,10H2,(H,11,12). The second-order valence-electron chi connectivity index (χ2n) is 3.98. The molecule has 4 heteroatoms. The van der Waals surface area contributed by atoms with E-state index >= 15 is 0 Å². The zero-order valence-electron chi connectivity index (χ0n) is 7.66. The van der Waals surface area contributed by atoms with E-state index in [-0.39, 0.29) is 17.9 Å². The minimum absolute atomic E-state index is 0.0855. The Labute approximate surface area is 77.8 Å². The van der Waals surface area contributed by atoms with Crippen LogP contribution in [-0.4, -0.2) is 31.7 Å². The zero-order chi connectivity index (χ0) is 9.26. The number of hydrogen-bond donors (Lipinski definition) is 2. The van der Waals surface area contributed by atoms with Gasteiger partial charge in [0.1, 0.15) is 0 Å². The van der Waals surface area contributed by atoms with E-state index < -0.39 is 0 Å². The van der Waals surface area contributed by atoms with Crippen LogP contribution >= 0.6 is 0 Å². The number of hydrogen-bond acceptors (Lipinski definition) is 3. The predicted molar refractivity (Wildman–Crippen MR) is 48.0 cm³/mol. The molecule has 0 aromatic carbocycles. The van der Waals surface area contributed by atoms with E-state index in [0.717, 1.165) is 32.6 Å². The first-order valence-electron chi connectivity index (χ1n) is 4.88. The largest absolute Gasteiger partial charge is 0.381 e. The Balaban J connectivity index is 1.64. The lowest BCUT2D eigenvalue weighted by Crippen LogP contribution is -2.32. The summed E-state index contributed by atoms with van der Waals surface area (Å²) in [5.41, 5.74) is 5.57. The van der Waals surface area contributed by atoms with Crippen LogP contribution in [0.3, 0.4) is 0 Å². The summed E-state index contributed by atoms with van der Waals surface area (Å²) in [6.07, 6.45) is 1.92. The maximum absolute atomic E-state index is 11.3. The molecular weight excluding hydrogens is 168 g/mol. The van der Waals surface area contributed by atoms with Crippen molar-refractivity contribution in [1.29, 1.82) is 0 Å². The van der Waals surface area contributed by atoms with Crippen molar-refractivity contribution in [2.24, 2.45) is 17.6 Å². The van der Waals surface area contributed by atoms with Crippen LogP contribution in [0.25, 0.3) is 0 Å². The number of amides is 1. The van der Waals surface area contributed by atoms with E-state index in [1.807, 2.05) is 0 Å². The number of nitrogens with one attached hydrogen (secondary N) is 1. The van der Waals surface area contributed by atoms with E-state index in [1.165, 1.54) is 0 Å². The van der Waals surface area contributed by atoms with Crippen LogP contribution in [0.15, 0.2) is 0 Å². The summed E-state index contributed by atoms with van der Waals surface area (Å²) >= 11 is 0. The quantitative estimate of drug-likeness (QED) is 0.620. The second kappa shape index (κ2) is 3.64. The van der Waals surface area contributed by atoms with Gasteiger partial charge >= 0.3 is 0 Å². The van der Waals surface area contributed by atoms with Crippen LogP contribution < -0.4 is 11.1 Å². The van der Waals surface area contributed by atoms with Gasteiger partial charge in [-0.15, -0.1) is 0 Å². The normalized spacial score (nSPS) is 37.5. The molecule has 2 aliphatic rings. The molecule has 3 N–H and O–H groups in total. The van der Waals surface area contributed by atoms with E-state index in [4.69, 9.17) is 10.5 Å². The number of nitrogens with two attached hydrogens (primary N) is 1. The van der Waals surface area contributed by atoms with E-state index in [9.17, 15) is 4.79 Å². The Morgan fingerprint density at radius 3 is 2.92 bits per heavy atom. The summed E-state index contributed by atoms with van der Waals surface area (Å²) in [5.74, 6) is 0.723. The van der Waals surface area contributed by atoms with Crippen molar-refractivity contribution in [2.45, 2.75) is 18.9 Å². The summed E-state index contributed by atoms with van der Waals surface area (Å²) < 4.78 is 5.21. The fourth-order valence-corrected chi connectivity index (χ4v) is 1.64.